The predicted molar refractivity (Wildman–Crippen MR) is 93.6 cm³/mol. The Kier molecular flexibility index (Phi) is 4.86. The summed E-state index contributed by atoms with van der Waals surface area (Å²) in [6, 6.07) is 7.91. The summed E-state index contributed by atoms with van der Waals surface area (Å²) in [7, 11) is 1.34. The highest BCUT2D eigenvalue weighted by molar-refractivity contribution is 5.96. The van der Waals surface area contributed by atoms with Crippen molar-refractivity contribution >= 4 is 35.2 Å². The van der Waals surface area contributed by atoms with E-state index in [1.807, 2.05) is 0 Å². The average molecular weight is 381 g/mol. The van der Waals surface area contributed by atoms with Gasteiger partial charge in [0.05, 0.1) is 20.3 Å². The summed E-state index contributed by atoms with van der Waals surface area (Å²) < 4.78 is 24.3. The Balaban J connectivity index is 0.00000196. The zero-order chi connectivity index (χ0) is 17.6. The van der Waals surface area contributed by atoms with Gasteiger partial charge in [-0.25, -0.2) is 9.37 Å². The van der Waals surface area contributed by atoms with Gasteiger partial charge in [0.2, 0.25) is 0 Å². The van der Waals surface area contributed by atoms with Crippen LogP contribution in [-0.2, 0) is 14.3 Å². The fourth-order valence-electron chi connectivity index (χ4n) is 3.77. The molecule has 1 aromatic heterocycles. The average Bonchev–Trinajstić information content (AvgIpc) is 3.19. The number of amides is 1. The molecular formula is C18H18ClFN2O4. The van der Waals surface area contributed by atoms with E-state index in [9.17, 15) is 14.0 Å². The SMILES string of the molecule is COC(=O)[C@@]12COC[C@@H]1CN(C(=O)c1ccc3cccc(F)c3n1)C2.Cl. The normalized spacial score (nSPS) is 24.2. The molecule has 0 aliphatic carbocycles. The van der Waals surface area contributed by atoms with Crippen LogP contribution in [0.25, 0.3) is 10.9 Å². The second-order valence-corrected chi connectivity index (χ2v) is 6.55. The number of benzene rings is 1. The van der Waals surface area contributed by atoms with Gasteiger partial charge in [-0.1, -0.05) is 18.2 Å². The Morgan fingerprint density at radius 1 is 1.35 bits per heavy atom. The zero-order valence-corrected chi connectivity index (χ0v) is 14.9. The van der Waals surface area contributed by atoms with Crippen LogP contribution in [-0.4, -0.2) is 55.2 Å². The first-order chi connectivity index (χ1) is 12.0. The molecular weight excluding hydrogens is 363 g/mol. The summed E-state index contributed by atoms with van der Waals surface area (Å²) >= 11 is 0. The Bertz CT molecular complexity index is 877. The molecule has 1 aromatic carbocycles. The molecule has 2 aliphatic rings. The number of fused-ring (bicyclic) bond motifs is 2. The first-order valence-electron chi connectivity index (χ1n) is 8.06. The van der Waals surface area contributed by atoms with Crippen LogP contribution in [0, 0.1) is 17.2 Å². The standard InChI is InChI=1S/C18H17FN2O4.ClH/c1-24-17(23)18-9-21(7-12(18)8-25-10-18)16(22)14-6-5-11-3-2-4-13(19)15(11)20-14;/h2-6,12H,7-10H2,1H3;1H/t12-,18-;/m0./s1. The third-order valence-corrected chi connectivity index (χ3v) is 5.14. The van der Waals surface area contributed by atoms with Crippen molar-refractivity contribution in [3.8, 4) is 0 Å². The Hall–Kier alpha value is -2.25. The summed E-state index contributed by atoms with van der Waals surface area (Å²) in [6.07, 6.45) is 0. The number of carbonyl (C=O) groups is 2. The van der Waals surface area contributed by atoms with Crippen molar-refractivity contribution in [3.05, 3.63) is 41.8 Å². The molecule has 2 aliphatic heterocycles. The van der Waals surface area contributed by atoms with E-state index in [0.29, 0.717) is 18.5 Å². The first kappa shape index (κ1) is 18.5. The molecule has 0 N–H and O–H groups in total. The quantitative estimate of drug-likeness (QED) is 0.746. The molecule has 8 heteroatoms. The largest absolute Gasteiger partial charge is 0.468 e. The number of pyridine rings is 1. The fraction of sp³-hybridized carbons (Fsp3) is 0.389. The number of para-hydroxylation sites is 1. The lowest BCUT2D eigenvalue weighted by molar-refractivity contribution is -0.153. The molecule has 1 amide bonds. The number of hydrogen-bond acceptors (Lipinski definition) is 5. The van der Waals surface area contributed by atoms with Crippen LogP contribution in [0.15, 0.2) is 30.3 Å². The first-order valence-corrected chi connectivity index (χ1v) is 8.06. The van der Waals surface area contributed by atoms with E-state index in [0.717, 1.165) is 0 Å². The number of ether oxygens (including phenoxy) is 2. The van der Waals surface area contributed by atoms with Crippen LogP contribution in [0.1, 0.15) is 10.5 Å². The number of carbonyl (C=O) groups excluding carboxylic acids is 2. The Labute approximate surface area is 155 Å². The Morgan fingerprint density at radius 2 is 2.15 bits per heavy atom. The molecule has 26 heavy (non-hydrogen) atoms. The number of aromatic nitrogens is 1. The number of halogens is 2. The maximum atomic E-state index is 13.9. The highest BCUT2D eigenvalue weighted by Crippen LogP contribution is 2.42. The highest BCUT2D eigenvalue weighted by atomic mass is 35.5. The maximum absolute atomic E-state index is 13.9. The number of esters is 1. The second-order valence-electron chi connectivity index (χ2n) is 6.55. The fourth-order valence-corrected chi connectivity index (χ4v) is 3.77. The monoisotopic (exact) mass is 380 g/mol. The third kappa shape index (κ3) is 2.71. The molecule has 2 fully saturated rings. The number of nitrogens with zero attached hydrogens (tertiary/aromatic N) is 2. The summed E-state index contributed by atoms with van der Waals surface area (Å²) in [4.78, 5) is 30.8. The molecule has 0 saturated carbocycles. The van der Waals surface area contributed by atoms with E-state index in [2.05, 4.69) is 4.98 Å². The lowest BCUT2D eigenvalue weighted by atomic mass is 9.81. The maximum Gasteiger partial charge on any atom is 0.316 e. The molecule has 2 atom stereocenters. The van der Waals surface area contributed by atoms with Gasteiger partial charge in [-0.2, -0.15) is 0 Å². The molecule has 3 heterocycles. The molecule has 2 aromatic rings. The van der Waals surface area contributed by atoms with Crippen molar-refractivity contribution in [1.82, 2.24) is 9.88 Å². The zero-order valence-electron chi connectivity index (χ0n) is 14.1. The van der Waals surface area contributed by atoms with Gasteiger partial charge in [0, 0.05) is 24.4 Å². The molecule has 0 radical (unpaired) electrons. The lowest BCUT2D eigenvalue weighted by Gasteiger charge is -2.23. The van der Waals surface area contributed by atoms with Crippen molar-refractivity contribution in [2.45, 2.75) is 0 Å². The van der Waals surface area contributed by atoms with E-state index < -0.39 is 11.2 Å². The molecule has 0 spiro atoms. The van der Waals surface area contributed by atoms with Gasteiger partial charge in [-0.15, -0.1) is 12.4 Å². The molecule has 6 nitrogen and oxygen atoms in total. The number of likely N-dealkylation sites (tertiary alicyclic amines) is 1. The van der Waals surface area contributed by atoms with Crippen molar-refractivity contribution in [2.24, 2.45) is 11.3 Å². The minimum atomic E-state index is -0.813. The van der Waals surface area contributed by atoms with E-state index in [-0.39, 0.29) is 54.6 Å². The van der Waals surface area contributed by atoms with Gasteiger partial charge >= 0.3 is 5.97 Å². The molecule has 4 rings (SSSR count). The van der Waals surface area contributed by atoms with Gasteiger partial charge in [-0.3, -0.25) is 9.59 Å². The number of rotatable bonds is 2. The van der Waals surface area contributed by atoms with Gasteiger partial charge < -0.3 is 14.4 Å². The van der Waals surface area contributed by atoms with Crippen LogP contribution in [0.2, 0.25) is 0 Å². The van der Waals surface area contributed by atoms with Crippen molar-refractivity contribution in [1.29, 1.82) is 0 Å². The van der Waals surface area contributed by atoms with E-state index >= 15 is 0 Å². The van der Waals surface area contributed by atoms with E-state index in [1.165, 1.54) is 13.2 Å². The Morgan fingerprint density at radius 3 is 2.92 bits per heavy atom. The summed E-state index contributed by atoms with van der Waals surface area (Å²) in [5.41, 5.74) is -0.482. The van der Waals surface area contributed by atoms with Gasteiger partial charge in [0.25, 0.3) is 5.91 Å². The summed E-state index contributed by atoms with van der Waals surface area (Å²) in [6.45, 7) is 1.28. The molecule has 2 saturated heterocycles. The van der Waals surface area contributed by atoms with Crippen LogP contribution in [0.3, 0.4) is 0 Å². The number of hydrogen-bond donors (Lipinski definition) is 0. The third-order valence-electron chi connectivity index (χ3n) is 5.14. The summed E-state index contributed by atoms with van der Waals surface area (Å²) in [5, 5.41) is 0.634. The van der Waals surface area contributed by atoms with Crippen molar-refractivity contribution in [3.63, 3.8) is 0 Å². The van der Waals surface area contributed by atoms with Crippen LogP contribution in [0.5, 0.6) is 0 Å². The van der Waals surface area contributed by atoms with Crippen LogP contribution >= 0.6 is 12.4 Å². The van der Waals surface area contributed by atoms with E-state index in [4.69, 9.17) is 9.47 Å². The minimum Gasteiger partial charge on any atom is -0.468 e. The minimum absolute atomic E-state index is 0. The predicted octanol–water partition coefficient (Wildman–Crippen LogP) is 2.06. The van der Waals surface area contributed by atoms with Gasteiger partial charge in [0.15, 0.2) is 0 Å². The molecule has 0 bridgehead atoms. The van der Waals surface area contributed by atoms with Crippen LogP contribution < -0.4 is 0 Å². The van der Waals surface area contributed by atoms with Gasteiger partial charge in [-0.05, 0) is 12.1 Å². The van der Waals surface area contributed by atoms with Crippen molar-refractivity contribution in [2.75, 3.05) is 33.4 Å². The molecule has 0 unspecified atom stereocenters. The van der Waals surface area contributed by atoms with Crippen LogP contribution in [0.4, 0.5) is 4.39 Å². The smallest absolute Gasteiger partial charge is 0.316 e. The lowest BCUT2D eigenvalue weighted by Crippen LogP contribution is -2.41. The summed E-state index contributed by atoms with van der Waals surface area (Å²) in [5.74, 6) is -1.24. The highest BCUT2D eigenvalue weighted by Gasteiger charge is 2.57. The topological polar surface area (TPSA) is 68.7 Å². The number of methoxy groups -OCH3 is 1. The van der Waals surface area contributed by atoms with Gasteiger partial charge in [0.1, 0.15) is 22.4 Å². The molecule has 138 valence electrons. The van der Waals surface area contributed by atoms with Crippen molar-refractivity contribution < 1.29 is 23.5 Å². The second kappa shape index (κ2) is 6.81. The van der Waals surface area contributed by atoms with E-state index in [1.54, 1.807) is 29.2 Å².